The molecule has 1 aromatic heterocycles. The fourth-order valence-electron chi connectivity index (χ4n) is 2.81. The van der Waals surface area contributed by atoms with Crippen LogP contribution in [-0.4, -0.2) is 18.5 Å². The summed E-state index contributed by atoms with van der Waals surface area (Å²) in [7, 11) is 0. The second kappa shape index (κ2) is 5.28. The third kappa shape index (κ3) is 2.53. The van der Waals surface area contributed by atoms with Gasteiger partial charge in [-0.2, -0.15) is 0 Å². The summed E-state index contributed by atoms with van der Waals surface area (Å²) in [6.45, 7) is 6.54. The number of nitrogens with one attached hydrogen (secondary N) is 1. The number of nitrogens with zero attached hydrogens (tertiary/aromatic N) is 1. The Hall–Kier alpha value is -2.23. The average Bonchev–Trinajstić information content (AvgIpc) is 2.69. The molecule has 1 aromatic carbocycles. The molecule has 1 N–H and O–H groups in total. The number of amides is 1. The van der Waals surface area contributed by atoms with Crippen LogP contribution in [0, 0.1) is 13.8 Å². The van der Waals surface area contributed by atoms with Gasteiger partial charge in [0.15, 0.2) is 0 Å². The van der Waals surface area contributed by atoms with E-state index in [-0.39, 0.29) is 5.91 Å². The molecule has 4 heteroatoms. The molecule has 1 amide bonds. The summed E-state index contributed by atoms with van der Waals surface area (Å²) < 4.78 is 5.50. The molecular formula is C17H20N2O2. The van der Waals surface area contributed by atoms with Gasteiger partial charge in [0.05, 0.1) is 16.9 Å². The molecular weight excluding hydrogens is 264 g/mol. The molecule has 2 aromatic rings. The van der Waals surface area contributed by atoms with Gasteiger partial charge in [0.2, 0.25) is 0 Å². The van der Waals surface area contributed by atoms with E-state index in [1.54, 1.807) is 0 Å². The predicted octanol–water partition coefficient (Wildman–Crippen LogP) is 3.75. The van der Waals surface area contributed by atoms with Crippen molar-refractivity contribution in [3.05, 3.63) is 47.4 Å². The molecule has 0 radical (unpaired) electrons. The fraction of sp³-hybridized carbons (Fsp3) is 0.353. The number of benzene rings is 1. The molecule has 0 aliphatic carbocycles. The molecule has 0 fully saturated rings. The number of carbonyl (C=O) groups is 1. The van der Waals surface area contributed by atoms with Crippen molar-refractivity contribution in [1.29, 1.82) is 0 Å². The van der Waals surface area contributed by atoms with Gasteiger partial charge in [0.25, 0.3) is 5.91 Å². The number of anilines is 2. The molecule has 3 rings (SSSR count). The van der Waals surface area contributed by atoms with Crippen LogP contribution >= 0.6 is 0 Å². The number of rotatable bonds is 1. The van der Waals surface area contributed by atoms with E-state index in [9.17, 15) is 4.79 Å². The van der Waals surface area contributed by atoms with Crippen molar-refractivity contribution >= 4 is 17.3 Å². The van der Waals surface area contributed by atoms with Crippen LogP contribution < -0.4 is 10.2 Å². The number of hydrogen-bond donors (Lipinski definition) is 1. The molecule has 0 saturated carbocycles. The van der Waals surface area contributed by atoms with Crippen LogP contribution in [0.2, 0.25) is 0 Å². The van der Waals surface area contributed by atoms with Gasteiger partial charge < -0.3 is 14.6 Å². The normalized spacial score (nSPS) is 17.9. The lowest BCUT2D eigenvalue weighted by Gasteiger charge is -2.22. The lowest BCUT2D eigenvalue weighted by Crippen LogP contribution is -2.32. The first-order chi connectivity index (χ1) is 10.1. The minimum atomic E-state index is 0.00713. The van der Waals surface area contributed by atoms with Gasteiger partial charge in [0, 0.05) is 12.6 Å². The summed E-state index contributed by atoms with van der Waals surface area (Å²) in [6, 6.07) is 10.1. The first-order valence-corrected chi connectivity index (χ1v) is 7.30. The van der Waals surface area contributed by atoms with Crippen molar-refractivity contribution in [2.24, 2.45) is 0 Å². The highest BCUT2D eigenvalue weighted by Gasteiger charge is 2.26. The molecule has 1 unspecified atom stereocenters. The molecule has 1 atom stereocenters. The van der Waals surface area contributed by atoms with Crippen molar-refractivity contribution in [1.82, 2.24) is 0 Å². The highest BCUT2D eigenvalue weighted by Crippen LogP contribution is 2.31. The number of furan rings is 1. The number of hydrogen-bond acceptors (Lipinski definition) is 3. The van der Waals surface area contributed by atoms with Gasteiger partial charge in [-0.1, -0.05) is 12.1 Å². The summed E-state index contributed by atoms with van der Waals surface area (Å²) in [5.74, 6) is 1.46. The number of fused-ring (bicyclic) bond motifs is 1. The lowest BCUT2D eigenvalue weighted by atomic mass is 10.1. The van der Waals surface area contributed by atoms with E-state index in [4.69, 9.17) is 4.42 Å². The topological polar surface area (TPSA) is 45.5 Å². The van der Waals surface area contributed by atoms with Gasteiger partial charge in [-0.15, -0.1) is 0 Å². The third-order valence-electron chi connectivity index (χ3n) is 3.90. The van der Waals surface area contributed by atoms with Crippen molar-refractivity contribution in [3.63, 3.8) is 0 Å². The number of carbonyl (C=O) groups excluding carboxylic acids is 1. The first-order valence-electron chi connectivity index (χ1n) is 7.30. The Labute approximate surface area is 124 Å². The quantitative estimate of drug-likeness (QED) is 0.867. The predicted molar refractivity (Wildman–Crippen MR) is 84.0 cm³/mol. The first kappa shape index (κ1) is 13.7. The van der Waals surface area contributed by atoms with Gasteiger partial charge in [-0.25, -0.2) is 0 Å². The number of para-hydroxylation sites is 2. The zero-order chi connectivity index (χ0) is 15.0. The number of aryl methyl sites for hydroxylation is 2. The molecule has 2 heterocycles. The summed E-state index contributed by atoms with van der Waals surface area (Å²) in [4.78, 5) is 14.7. The minimum absolute atomic E-state index is 0.00713. The van der Waals surface area contributed by atoms with E-state index in [0.717, 1.165) is 23.6 Å². The second-order valence-corrected chi connectivity index (χ2v) is 5.63. The van der Waals surface area contributed by atoms with Crippen LogP contribution in [0.15, 0.2) is 34.7 Å². The Morgan fingerprint density at radius 3 is 2.81 bits per heavy atom. The second-order valence-electron chi connectivity index (χ2n) is 5.63. The third-order valence-corrected chi connectivity index (χ3v) is 3.90. The van der Waals surface area contributed by atoms with Crippen LogP contribution in [-0.2, 0) is 0 Å². The van der Waals surface area contributed by atoms with Crippen LogP contribution in [0.1, 0.15) is 35.2 Å². The highest BCUT2D eigenvalue weighted by molar-refractivity contribution is 6.08. The SMILES string of the molecule is Cc1cc(C(=O)N2CCC(C)Nc3ccccc32)c(C)o1. The molecule has 0 spiro atoms. The summed E-state index contributed by atoms with van der Waals surface area (Å²) >= 11 is 0. The van der Waals surface area contributed by atoms with Crippen LogP contribution in [0.5, 0.6) is 0 Å². The lowest BCUT2D eigenvalue weighted by molar-refractivity contribution is 0.0985. The molecule has 1 aliphatic heterocycles. The molecule has 4 nitrogen and oxygen atoms in total. The molecule has 110 valence electrons. The maximum absolute atomic E-state index is 12.9. The highest BCUT2D eigenvalue weighted by atomic mass is 16.3. The maximum atomic E-state index is 12.9. The molecule has 21 heavy (non-hydrogen) atoms. The Balaban J connectivity index is 2.02. The standard InChI is InChI=1S/C17H20N2O2/c1-11-8-9-19(16-7-5-4-6-15(16)18-11)17(20)14-10-12(2)21-13(14)3/h4-7,10-11,18H,8-9H2,1-3H3. The average molecular weight is 284 g/mol. The Bertz CT molecular complexity index is 675. The van der Waals surface area contributed by atoms with Crippen LogP contribution in [0.25, 0.3) is 0 Å². The van der Waals surface area contributed by atoms with Crippen molar-refractivity contribution < 1.29 is 9.21 Å². The Morgan fingerprint density at radius 1 is 1.33 bits per heavy atom. The Kier molecular flexibility index (Phi) is 3.45. The van der Waals surface area contributed by atoms with Crippen LogP contribution in [0.3, 0.4) is 0 Å². The minimum Gasteiger partial charge on any atom is -0.466 e. The summed E-state index contributed by atoms with van der Waals surface area (Å²) in [5.41, 5.74) is 2.59. The zero-order valence-corrected chi connectivity index (χ0v) is 12.6. The molecule has 0 saturated heterocycles. The van der Waals surface area contributed by atoms with E-state index in [1.165, 1.54) is 0 Å². The van der Waals surface area contributed by atoms with Gasteiger partial charge in [0.1, 0.15) is 11.5 Å². The van der Waals surface area contributed by atoms with Crippen LogP contribution in [0.4, 0.5) is 11.4 Å². The molecule has 0 bridgehead atoms. The van der Waals surface area contributed by atoms with Crippen molar-refractivity contribution in [3.8, 4) is 0 Å². The van der Waals surface area contributed by atoms with E-state index in [1.807, 2.05) is 49.1 Å². The largest absolute Gasteiger partial charge is 0.466 e. The summed E-state index contributed by atoms with van der Waals surface area (Å²) in [5, 5.41) is 3.46. The Morgan fingerprint density at radius 2 is 2.10 bits per heavy atom. The van der Waals surface area contributed by atoms with E-state index >= 15 is 0 Å². The monoisotopic (exact) mass is 284 g/mol. The van der Waals surface area contributed by atoms with Gasteiger partial charge in [-0.05, 0) is 45.4 Å². The van der Waals surface area contributed by atoms with E-state index in [0.29, 0.717) is 23.9 Å². The van der Waals surface area contributed by atoms with E-state index in [2.05, 4.69) is 12.2 Å². The van der Waals surface area contributed by atoms with Crippen molar-refractivity contribution in [2.75, 3.05) is 16.8 Å². The summed E-state index contributed by atoms with van der Waals surface area (Å²) in [6.07, 6.45) is 0.913. The smallest absolute Gasteiger partial charge is 0.261 e. The molecule has 1 aliphatic rings. The van der Waals surface area contributed by atoms with Crippen molar-refractivity contribution in [2.45, 2.75) is 33.2 Å². The fourth-order valence-corrected chi connectivity index (χ4v) is 2.81. The van der Waals surface area contributed by atoms with Gasteiger partial charge in [-0.3, -0.25) is 4.79 Å². The van der Waals surface area contributed by atoms with E-state index < -0.39 is 0 Å². The zero-order valence-electron chi connectivity index (χ0n) is 12.6. The van der Waals surface area contributed by atoms with Gasteiger partial charge >= 0.3 is 0 Å². The maximum Gasteiger partial charge on any atom is 0.261 e.